The molecular weight excluding hydrogens is 196 g/mol. The lowest BCUT2D eigenvalue weighted by Crippen LogP contribution is -2.49. The van der Waals surface area contributed by atoms with Crippen molar-refractivity contribution >= 4 is 5.91 Å². The van der Waals surface area contributed by atoms with Gasteiger partial charge in [0.15, 0.2) is 0 Å². The molecule has 1 N–H and O–H groups in total. The van der Waals surface area contributed by atoms with Crippen molar-refractivity contribution in [2.45, 2.75) is 6.04 Å². The summed E-state index contributed by atoms with van der Waals surface area (Å²) < 4.78 is 10.5. The number of hydrogen-bond donors (Lipinski definition) is 1. The molecule has 1 atom stereocenters. The predicted molar refractivity (Wildman–Crippen MR) is 54.6 cm³/mol. The quantitative estimate of drug-likeness (QED) is 0.660. The van der Waals surface area contributed by atoms with Crippen LogP contribution in [-0.2, 0) is 14.3 Å². The lowest BCUT2D eigenvalue weighted by molar-refractivity contribution is -0.135. The van der Waals surface area contributed by atoms with Crippen LogP contribution in [0.5, 0.6) is 0 Å². The fraction of sp³-hybridized carbons (Fsp3) is 0.900. The van der Waals surface area contributed by atoms with E-state index in [2.05, 4.69) is 5.32 Å². The molecule has 2 aliphatic rings. The van der Waals surface area contributed by atoms with Crippen LogP contribution in [0.2, 0.25) is 0 Å². The summed E-state index contributed by atoms with van der Waals surface area (Å²) in [6.07, 6.45) is 0. The summed E-state index contributed by atoms with van der Waals surface area (Å²) in [5.74, 6) is 0.673. The number of ether oxygens (including phenoxy) is 2. The molecule has 0 aromatic rings. The first-order valence-electron chi connectivity index (χ1n) is 5.43. The molecule has 0 aromatic carbocycles. The molecule has 2 aliphatic heterocycles. The van der Waals surface area contributed by atoms with Gasteiger partial charge in [0.25, 0.3) is 0 Å². The molecule has 15 heavy (non-hydrogen) atoms. The summed E-state index contributed by atoms with van der Waals surface area (Å²) in [5.41, 5.74) is 0. The molecule has 2 saturated heterocycles. The Bertz CT molecular complexity index is 231. The van der Waals surface area contributed by atoms with Gasteiger partial charge in [0, 0.05) is 19.0 Å². The summed E-state index contributed by atoms with van der Waals surface area (Å²) in [7, 11) is 1.79. The van der Waals surface area contributed by atoms with Crippen molar-refractivity contribution in [1.29, 1.82) is 0 Å². The van der Waals surface area contributed by atoms with E-state index in [1.165, 1.54) is 0 Å². The first-order valence-corrected chi connectivity index (χ1v) is 5.43. The first-order chi connectivity index (χ1) is 7.31. The van der Waals surface area contributed by atoms with E-state index in [9.17, 15) is 4.79 Å². The van der Waals surface area contributed by atoms with E-state index in [4.69, 9.17) is 9.47 Å². The molecule has 0 bridgehead atoms. The van der Waals surface area contributed by atoms with Gasteiger partial charge in [0.2, 0.25) is 5.91 Å². The highest BCUT2D eigenvalue weighted by Gasteiger charge is 2.29. The molecule has 5 nitrogen and oxygen atoms in total. The zero-order chi connectivity index (χ0) is 10.7. The third kappa shape index (κ3) is 2.48. The number of amides is 1. The second kappa shape index (κ2) is 4.92. The SMILES string of the molecule is CNC1COCCN(CC2COC2)C1=O. The van der Waals surface area contributed by atoms with Gasteiger partial charge in [-0.25, -0.2) is 0 Å². The Kier molecular flexibility index (Phi) is 3.56. The highest BCUT2D eigenvalue weighted by Crippen LogP contribution is 2.13. The first kappa shape index (κ1) is 10.9. The zero-order valence-corrected chi connectivity index (χ0v) is 9.07. The van der Waals surface area contributed by atoms with Gasteiger partial charge in [-0.05, 0) is 7.05 Å². The monoisotopic (exact) mass is 214 g/mol. The Morgan fingerprint density at radius 1 is 1.40 bits per heavy atom. The normalized spacial score (nSPS) is 28.7. The second-order valence-corrected chi connectivity index (χ2v) is 4.10. The Balaban J connectivity index is 1.91. The summed E-state index contributed by atoms with van der Waals surface area (Å²) in [5, 5.41) is 2.99. The van der Waals surface area contributed by atoms with Crippen molar-refractivity contribution in [3.8, 4) is 0 Å². The van der Waals surface area contributed by atoms with Gasteiger partial charge in [-0.15, -0.1) is 0 Å². The van der Waals surface area contributed by atoms with Crippen molar-refractivity contribution in [2.24, 2.45) is 5.92 Å². The molecule has 0 aliphatic carbocycles. The van der Waals surface area contributed by atoms with Crippen LogP contribution in [0, 0.1) is 5.92 Å². The predicted octanol–water partition coefficient (Wildman–Crippen LogP) is -0.920. The number of likely N-dealkylation sites (N-methyl/N-ethyl adjacent to an activating group) is 1. The van der Waals surface area contributed by atoms with Crippen LogP contribution >= 0.6 is 0 Å². The summed E-state index contributed by atoms with van der Waals surface area (Å²) in [4.78, 5) is 13.9. The minimum absolute atomic E-state index is 0.155. The number of nitrogens with zero attached hydrogens (tertiary/aromatic N) is 1. The molecule has 2 fully saturated rings. The van der Waals surface area contributed by atoms with Crippen LogP contribution in [0.3, 0.4) is 0 Å². The lowest BCUT2D eigenvalue weighted by atomic mass is 10.1. The maximum Gasteiger partial charge on any atom is 0.242 e. The van der Waals surface area contributed by atoms with E-state index in [0.717, 1.165) is 19.8 Å². The number of carbonyl (C=O) groups excluding carboxylic acids is 1. The van der Waals surface area contributed by atoms with Crippen LogP contribution in [-0.4, -0.2) is 63.4 Å². The van der Waals surface area contributed by atoms with Crippen molar-refractivity contribution in [3.63, 3.8) is 0 Å². The maximum absolute atomic E-state index is 12.0. The van der Waals surface area contributed by atoms with Crippen LogP contribution in [0.4, 0.5) is 0 Å². The van der Waals surface area contributed by atoms with E-state index < -0.39 is 0 Å². The summed E-state index contributed by atoms with van der Waals surface area (Å²) in [6.45, 7) is 4.20. The van der Waals surface area contributed by atoms with Gasteiger partial charge in [0.05, 0.1) is 26.4 Å². The number of hydrogen-bond acceptors (Lipinski definition) is 4. The van der Waals surface area contributed by atoms with Gasteiger partial charge < -0.3 is 19.7 Å². The van der Waals surface area contributed by atoms with Crippen LogP contribution < -0.4 is 5.32 Å². The van der Waals surface area contributed by atoms with Gasteiger partial charge in [0.1, 0.15) is 6.04 Å². The number of carbonyl (C=O) groups is 1. The largest absolute Gasteiger partial charge is 0.381 e. The Morgan fingerprint density at radius 3 is 2.80 bits per heavy atom. The molecule has 0 aromatic heterocycles. The van der Waals surface area contributed by atoms with E-state index in [-0.39, 0.29) is 11.9 Å². The Morgan fingerprint density at radius 2 is 2.20 bits per heavy atom. The van der Waals surface area contributed by atoms with Crippen LogP contribution in [0.15, 0.2) is 0 Å². The Labute approximate surface area is 89.7 Å². The summed E-state index contributed by atoms with van der Waals surface area (Å²) in [6, 6.07) is -0.187. The molecule has 0 radical (unpaired) electrons. The van der Waals surface area contributed by atoms with Crippen molar-refractivity contribution in [3.05, 3.63) is 0 Å². The third-order valence-electron chi connectivity index (χ3n) is 2.93. The van der Waals surface area contributed by atoms with E-state index in [1.54, 1.807) is 7.05 Å². The van der Waals surface area contributed by atoms with E-state index in [1.807, 2.05) is 4.90 Å². The molecule has 86 valence electrons. The zero-order valence-electron chi connectivity index (χ0n) is 9.07. The van der Waals surface area contributed by atoms with Crippen molar-refractivity contribution in [1.82, 2.24) is 10.2 Å². The molecule has 2 rings (SSSR count). The van der Waals surface area contributed by atoms with Gasteiger partial charge in [-0.3, -0.25) is 4.79 Å². The van der Waals surface area contributed by atoms with Crippen LogP contribution in [0.1, 0.15) is 0 Å². The average Bonchev–Trinajstić information content (AvgIpc) is 2.35. The molecule has 1 amide bonds. The lowest BCUT2D eigenvalue weighted by Gasteiger charge is -2.32. The molecular formula is C10H18N2O3. The fourth-order valence-corrected chi connectivity index (χ4v) is 1.87. The molecule has 2 heterocycles. The molecule has 5 heteroatoms. The second-order valence-electron chi connectivity index (χ2n) is 4.10. The molecule has 1 unspecified atom stereocenters. The molecule has 0 spiro atoms. The van der Waals surface area contributed by atoms with Gasteiger partial charge in [-0.2, -0.15) is 0 Å². The van der Waals surface area contributed by atoms with E-state index >= 15 is 0 Å². The minimum atomic E-state index is -0.187. The highest BCUT2D eigenvalue weighted by atomic mass is 16.5. The smallest absolute Gasteiger partial charge is 0.242 e. The average molecular weight is 214 g/mol. The van der Waals surface area contributed by atoms with Gasteiger partial charge >= 0.3 is 0 Å². The maximum atomic E-state index is 12.0. The Hall–Kier alpha value is -0.650. The topological polar surface area (TPSA) is 50.8 Å². The summed E-state index contributed by atoms with van der Waals surface area (Å²) >= 11 is 0. The standard InChI is InChI=1S/C10H18N2O3/c1-11-9-7-14-3-2-12(10(9)13)4-8-5-15-6-8/h8-9,11H,2-7H2,1H3. The minimum Gasteiger partial charge on any atom is -0.381 e. The van der Waals surface area contributed by atoms with E-state index in [0.29, 0.717) is 25.7 Å². The fourth-order valence-electron chi connectivity index (χ4n) is 1.87. The van der Waals surface area contributed by atoms with Crippen molar-refractivity contribution in [2.75, 3.05) is 46.6 Å². The van der Waals surface area contributed by atoms with Crippen LogP contribution in [0.25, 0.3) is 0 Å². The number of nitrogens with one attached hydrogen (secondary N) is 1. The third-order valence-corrected chi connectivity index (χ3v) is 2.93. The number of rotatable bonds is 3. The highest BCUT2D eigenvalue weighted by molar-refractivity contribution is 5.82. The molecule has 0 saturated carbocycles. The van der Waals surface area contributed by atoms with Crippen molar-refractivity contribution < 1.29 is 14.3 Å². The van der Waals surface area contributed by atoms with Gasteiger partial charge in [-0.1, -0.05) is 0 Å².